The van der Waals surface area contributed by atoms with Crippen LogP contribution in [0, 0.1) is 6.92 Å². The molecule has 0 amide bonds. The fourth-order valence-corrected chi connectivity index (χ4v) is 1.93. The molecule has 78 valence electrons. The zero-order valence-corrected chi connectivity index (χ0v) is 8.94. The third-order valence-corrected chi connectivity index (χ3v) is 2.86. The maximum Gasteiger partial charge on any atom is 0.144 e. The molecule has 3 rings (SSSR count). The molecule has 0 fully saturated rings. The number of benzene rings is 2. The molecule has 3 aromatic rings. The molecule has 2 heteroatoms. The van der Waals surface area contributed by atoms with Crippen LogP contribution in [0.4, 0.5) is 0 Å². The molecule has 0 aliphatic carbocycles. The second kappa shape index (κ2) is 3.20. The van der Waals surface area contributed by atoms with Gasteiger partial charge in [-0.3, -0.25) is 0 Å². The quantitative estimate of drug-likeness (QED) is 0.575. The molecule has 0 atom stereocenters. The number of nitrogens with zero attached hydrogens (tertiary/aromatic N) is 1. The summed E-state index contributed by atoms with van der Waals surface area (Å²) < 4.78 is 0. The first-order valence-corrected chi connectivity index (χ1v) is 5.24. The minimum atomic E-state index is 0.281. The first-order valence-electron chi connectivity index (χ1n) is 5.24. The van der Waals surface area contributed by atoms with Crippen molar-refractivity contribution in [2.45, 2.75) is 6.92 Å². The summed E-state index contributed by atoms with van der Waals surface area (Å²) in [6.45, 7) is 1.88. The zero-order chi connectivity index (χ0) is 11.1. The van der Waals surface area contributed by atoms with Gasteiger partial charge < -0.3 is 5.11 Å². The van der Waals surface area contributed by atoms with Gasteiger partial charge in [0.25, 0.3) is 0 Å². The third-order valence-electron chi connectivity index (χ3n) is 2.86. The molecule has 0 aliphatic heterocycles. The van der Waals surface area contributed by atoms with E-state index < -0.39 is 0 Å². The van der Waals surface area contributed by atoms with Crippen LogP contribution in [0.15, 0.2) is 42.5 Å². The van der Waals surface area contributed by atoms with Crippen LogP contribution in [0.2, 0.25) is 0 Å². The summed E-state index contributed by atoms with van der Waals surface area (Å²) in [6.07, 6.45) is 0. The predicted molar refractivity (Wildman–Crippen MR) is 65.7 cm³/mol. The van der Waals surface area contributed by atoms with E-state index in [0.29, 0.717) is 5.52 Å². The number of rotatable bonds is 0. The lowest BCUT2D eigenvalue weighted by Crippen LogP contribution is -1.84. The standard InChI is InChI=1S/C14H11NO/c1-9-6-7-11-8-10-4-2-3-5-12(10)15-13(11)14(9)16/h2-8,16H,1H3. The summed E-state index contributed by atoms with van der Waals surface area (Å²) in [5.74, 6) is 0.281. The number of fused-ring (bicyclic) bond motifs is 2. The summed E-state index contributed by atoms with van der Waals surface area (Å²) >= 11 is 0. The van der Waals surface area contributed by atoms with Crippen molar-refractivity contribution in [3.8, 4) is 5.75 Å². The molecule has 0 saturated heterocycles. The van der Waals surface area contributed by atoms with Gasteiger partial charge in [0.05, 0.1) is 5.52 Å². The van der Waals surface area contributed by atoms with Crippen LogP contribution in [0.3, 0.4) is 0 Å². The van der Waals surface area contributed by atoms with E-state index in [2.05, 4.69) is 11.1 Å². The van der Waals surface area contributed by atoms with Gasteiger partial charge in [0.1, 0.15) is 11.3 Å². The predicted octanol–water partition coefficient (Wildman–Crippen LogP) is 3.40. The lowest BCUT2D eigenvalue weighted by Gasteiger charge is -2.05. The van der Waals surface area contributed by atoms with Crippen molar-refractivity contribution in [3.63, 3.8) is 0 Å². The second-order valence-corrected chi connectivity index (χ2v) is 3.98. The van der Waals surface area contributed by atoms with Crippen LogP contribution in [0.25, 0.3) is 21.8 Å². The molecule has 0 aliphatic rings. The highest BCUT2D eigenvalue weighted by atomic mass is 16.3. The summed E-state index contributed by atoms with van der Waals surface area (Å²) in [4.78, 5) is 4.49. The molecule has 0 unspecified atom stereocenters. The van der Waals surface area contributed by atoms with E-state index in [0.717, 1.165) is 21.9 Å². The Morgan fingerprint density at radius 1 is 1.00 bits per heavy atom. The molecule has 1 aromatic heterocycles. The Bertz CT molecular complexity index is 689. The summed E-state index contributed by atoms with van der Waals surface area (Å²) in [5.41, 5.74) is 2.45. The highest BCUT2D eigenvalue weighted by Crippen LogP contribution is 2.28. The minimum absolute atomic E-state index is 0.281. The average Bonchev–Trinajstić information content (AvgIpc) is 2.32. The maximum absolute atomic E-state index is 9.96. The van der Waals surface area contributed by atoms with Crippen molar-refractivity contribution in [1.82, 2.24) is 4.98 Å². The van der Waals surface area contributed by atoms with Crippen molar-refractivity contribution < 1.29 is 5.11 Å². The molecule has 0 bridgehead atoms. The largest absolute Gasteiger partial charge is 0.505 e. The van der Waals surface area contributed by atoms with Crippen molar-refractivity contribution >= 4 is 21.8 Å². The first-order chi connectivity index (χ1) is 7.75. The van der Waals surface area contributed by atoms with E-state index in [1.165, 1.54) is 0 Å². The van der Waals surface area contributed by atoms with Crippen LogP contribution >= 0.6 is 0 Å². The normalized spacial score (nSPS) is 11.1. The van der Waals surface area contributed by atoms with Crippen LogP contribution < -0.4 is 0 Å². The fraction of sp³-hybridized carbons (Fsp3) is 0.0714. The Kier molecular flexibility index (Phi) is 1.83. The number of pyridine rings is 1. The summed E-state index contributed by atoms with van der Waals surface area (Å²) in [5, 5.41) is 12.0. The number of phenols is 1. The van der Waals surface area contributed by atoms with Crippen LogP contribution in [-0.4, -0.2) is 10.1 Å². The lowest BCUT2D eigenvalue weighted by atomic mass is 10.1. The second-order valence-electron chi connectivity index (χ2n) is 3.98. The molecular weight excluding hydrogens is 198 g/mol. The summed E-state index contributed by atoms with van der Waals surface area (Å²) in [7, 11) is 0. The smallest absolute Gasteiger partial charge is 0.144 e. The molecular formula is C14H11NO. The van der Waals surface area contributed by atoms with Gasteiger partial charge >= 0.3 is 0 Å². The molecule has 1 N–H and O–H groups in total. The van der Waals surface area contributed by atoms with Crippen LogP contribution in [0.1, 0.15) is 5.56 Å². The number of hydrogen-bond donors (Lipinski definition) is 1. The van der Waals surface area contributed by atoms with E-state index in [1.807, 2.05) is 43.3 Å². The van der Waals surface area contributed by atoms with Crippen molar-refractivity contribution in [3.05, 3.63) is 48.0 Å². The van der Waals surface area contributed by atoms with Crippen LogP contribution in [-0.2, 0) is 0 Å². The highest BCUT2D eigenvalue weighted by Gasteiger charge is 2.05. The molecule has 2 nitrogen and oxygen atoms in total. The Balaban J connectivity index is 2.51. The Morgan fingerprint density at radius 2 is 1.81 bits per heavy atom. The monoisotopic (exact) mass is 209 g/mol. The number of para-hydroxylation sites is 1. The van der Waals surface area contributed by atoms with Gasteiger partial charge in [0.15, 0.2) is 0 Å². The van der Waals surface area contributed by atoms with Crippen LogP contribution in [0.5, 0.6) is 5.75 Å². The number of hydrogen-bond acceptors (Lipinski definition) is 2. The van der Waals surface area contributed by atoms with Crippen molar-refractivity contribution in [1.29, 1.82) is 0 Å². The van der Waals surface area contributed by atoms with Crippen molar-refractivity contribution in [2.24, 2.45) is 0 Å². The number of aromatic hydroxyl groups is 1. The molecule has 0 spiro atoms. The summed E-state index contributed by atoms with van der Waals surface area (Å²) in [6, 6.07) is 13.9. The lowest BCUT2D eigenvalue weighted by molar-refractivity contribution is 0.476. The fourth-order valence-electron chi connectivity index (χ4n) is 1.93. The minimum Gasteiger partial charge on any atom is -0.505 e. The molecule has 2 aromatic carbocycles. The van der Waals surface area contributed by atoms with E-state index in [-0.39, 0.29) is 5.75 Å². The van der Waals surface area contributed by atoms with Crippen molar-refractivity contribution in [2.75, 3.05) is 0 Å². The Labute approximate surface area is 93.2 Å². The van der Waals surface area contributed by atoms with E-state index >= 15 is 0 Å². The molecule has 16 heavy (non-hydrogen) atoms. The Hall–Kier alpha value is -2.09. The molecule has 1 heterocycles. The average molecular weight is 209 g/mol. The third kappa shape index (κ3) is 1.23. The van der Waals surface area contributed by atoms with E-state index in [4.69, 9.17) is 0 Å². The number of aryl methyl sites for hydroxylation is 1. The SMILES string of the molecule is Cc1ccc2cc3ccccc3nc2c1O. The van der Waals surface area contributed by atoms with E-state index in [9.17, 15) is 5.11 Å². The van der Waals surface area contributed by atoms with E-state index in [1.54, 1.807) is 0 Å². The molecule has 0 saturated carbocycles. The van der Waals surface area contributed by atoms with Gasteiger partial charge in [-0.1, -0.05) is 30.3 Å². The maximum atomic E-state index is 9.96. The van der Waals surface area contributed by atoms with Gasteiger partial charge in [0, 0.05) is 10.8 Å². The van der Waals surface area contributed by atoms with Gasteiger partial charge in [-0.05, 0) is 24.6 Å². The highest BCUT2D eigenvalue weighted by molar-refractivity contribution is 5.95. The van der Waals surface area contributed by atoms with Gasteiger partial charge in [-0.15, -0.1) is 0 Å². The topological polar surface area (TPSA) is 33.1 Å². The number of phenolic OH excluding ortho intramolecular Hbond substituents is 1. The van der Waals surface area contributed by atoms with Gasteiger partial charge in [-0.25, -0.2) is 4.98 Å². The Morgan fingerprint density at radius 3 is 2.69 bits per heavy atom. The zero-order valence-electron chi connectivity index (χ0n) is 8.94. The number of aromatic nitrogens is 1. The van der Waals surface area contributed by atoms with Gasteiger partial charge in [0.2, 0.25) is 0 Å². The molecule has 0 radical (unpaired) electrons. The van der Waals surface area contributed by atoms with Gasteiger partial charge in [-0.2, -0.15) is 0 Å². The first kappa shape index (κ1) is 9.16.